The summed E-state index contributed by atoms with van der Waals surface area (Å²) in [6.07, 6.45) is 4.46. The number of fused-ring (bicyclic) bond motifs is 1. The van der Waals surface area contributed by atoms with Crippen molar-refractivity contribution in [3.8, 4) is 0 Å². The topological polar surface area (TPSA) is 62.3 Å². The quantitative estimate of drug-likeness (QED) is 0.850. The summed E-state index contributed by atoms with van der Waals surface area (Å²) < 4.78 is 0. The minimum atomic E-state index is -0.0588. The second-order valence-electron chi connectivity index (χ2n) is 5.49. The van der Waals surface area contributed by atoms with E-state index in [4.69, 9.17) is 0 Å². The highest BCUT2D eigenvalue weighted by molar-refractivity contribution is 6.05. The monoisotopic (exact) mass is 273 g/mol. The maximum absolute atomic E-state index is 12.2. The molecule has 0 spiro atoms. The van der Waals surface area contributed by atoms with Crippen LogP contribution in [0.3, 0.4) is 0 Å². The van der Waals surface area contributed by atoms with Gasteiger partial charge in [0.1, 0.15) is 5.82 Å². The van der Waals surface area contributed by atoms with Crippen LogP contribution < -0.4 is 5.32 Å². The van der Waals surface area contributed by atoms with Gasteiger partial charge >= 0.3 is 0 Å². The van der Waals surface area contributed by atoms with Crippen LogP contribution >= 0.6 is 0 Å². The molecule has 1 aliphatic carbocycles. The van der Waals surface area contributed by atoms with E-state index >= 15 is 0 Å². The van der Waals surface area contributed by atoms with Crippen molar-refractivity contribution >= 4 is 17.6 Å². The lowest BCUT2D eigenvalue weighted by molar-refractivity contribution is -0.141. The van der Waals surface area contributed by atoms with Crippen molar-refractivity contribution < 1.29 is 9.59 Å². The molecule has 1 aromatic heterocycles. The molecule has 2 atom stereocenters. The summed E-state index contributed by atoms with van der Waals surface area (Å²) in [6, 6.07) is 3.80. The van der Waals surface area contributed by atoms with E-state index in [-0.39, 0.29) is 23.7 Å². The zero-order chi connectivity index (χ0) is 14.1. The summed E-state index contributed by atoms with van der Waals surface area (Å²) in [6.45, 7) is 3.18. The molecule has 2 heterocycles. The first-order chi connectivity index (χ1) is 9.70. The number of carbonyl (C=O) groups excluding carboxylic acids is 2. The average Bonchev–Trinajstić information content (AvgIpc) is 3.01. The number of nitrogens with zero attached hydrogens (tertiary/aromatic N) is 2. The van der Waals surface area contributed by atoms with Gasteiger partial charge in [0, 0.05) is 12.7 Å². The maximum Gasteiger partial charge on any atom is 0.233 e. The van der Waals surface area contributed by atoms with Crippen molar-refractivity contribution in [2.75, 3.05) is 11.9 Å². The molecular weight excluding hydrogens is 254 g/mol. The van der Waals surface area contributed by atoms with E-state index in [1.165, 1.54) is 4.90 Å². The summed E-state index contributed by atoms with van der Waals surface area (Å²) in [5.41, 5.74) is 0.897. The molecule has 1 N–H and O–H groups in total. The third kappa shape index (κ3) is 2.17. The maximum atomic E-state index is 12.2. The van der Waals surface area contributed by atoms with Gasteiger partial charge < -0.3 is 5.32 Å². The minimum absolute atomic E-state index is 0.00765. The van der Waals surface area contributed by atoms with Crippen molar-refractivity contribution in [1.29, 1.82) is 0 Å². The Labute approximate surface area is 118 Å². The number of hydrogen-bond acceptors (Lipinski definition) is 4. The first kappa shape index (κ1) is 13.1. The number of pyridine rings is 1. The van der Waals surface area contributed by atoms with E-state index in [9.17, 15) is 9.59 Å². The van der Waals surface area contributed by atoms with E-state index in [1.807, 2.05) is 19.1 Å². The largest absolute Gasteiger partial charge is 0.370 e. The summed E-state index contributed by atoms with van der Waals surface area (Å²) in [4.78, 5) is 30.2. The molecule has 5 nitrogen and oxygen atoms in total. The molecule has 2 amide bonds. The zero-order valence-electron chi connectivity index (χ0n) is 11.6. The van der Waals surface area contributed by atoms with E-state index in [0.717, 1.165) is 37.2 Å². The molecule has 1 saturated heterocycles. The standard InChI is InChI=1S/C15H19N3O2/c1-2-16-13-7-6-10(8-17-13)9-18-14(19)11-4-3-5-12(11)15(18)20/h6-8,11-12H,2-5,9H2,1H3,(H,16,17). The Bertz CT molecular complexity index is 504. The molecule has 1 aromatic rings. The van der Waals surface area contributed by atoms with Crippen molar-refractivity contribution in [2.24, 2.45) is 11.8 Å². The molecule has 0 radical (unpaired) electrons. The van der Waals surface area contributed by atoms with Crippen LogP contribution in [0.15, 0.2) is 18.3 Å². The van der Waals surface area contributed by atoms with Crippen LogP contribution in [0, 0.1) is 11.8 Å². The minimum Gasteiger partial charge on any atom is -0.370 e. The lowest BCUT2D eigenvalue weighted by Crippen LogP contribution is -2.31. The third-order valence-corrected chi connectivity index (χ3v) is 4.21. The van der Waals surface area contributed by atoms with Crippen LogP contribution in [0.1, 0.15) is 31.7 Å². The molecule has 106 valence electrons. The molecule has 2 aliphatic rings. The molecule has 20 heavy (non-hydrogen) atoms. The molecule has 1 aliphatic heterocycles. The van der Waals surface area contributed by atoms with Gasteiger partial charge in [-0.05, 0) is 31.4 Å². The molecule has 0 aromatic carbocycles. The molecule has 3 rings (SSSR count). The average molecular weight is 273 g/mol. The normalized spacial score (nSPS) is 25.1. The summed E-state index contributed by atoms with van der Waals surface area (Å²) >= 11 is 0. The highest BCUT2D eigenvalue weighted by Gasteiger charge is 2.49. The van der Waals surface area contributed by atoms with E-state index in [1.54, 1.807) is 6.20 Å². The third-order valence-electron chi connectivity index (χ3n) is 4.21. The molecule has 5 heteroatoms. The number of rotatable bonds is 4. The van der Waals surface area contributed by atoms with E-state index in [0.29, 0.717) is 6.54 Å². The lowest BCUT2D eigenvalue weighted by atomic mass is 10.00. The zero-order valence-corrected chi connectivity index (χ0v) is 11.6. The van der Waals surface area contributed by atoms with Gasteiger partial charge in [-0.2, -0.15) is 0 Å². The molecule has 2 fully saturated rings. The second-order valence-corrected chi connectivity index (χ2v) is 5.49. The Morgan fingerprint density at radius 3 is 2.50 bits per heavy atom. The predicted molar refractivity (Wildman–Crippen MR) is 74.8 cm³/mol. The number of aromatic nitrogens is 1. The Morgan fingerprint density at radius 1 is 1.25 bits per heavy atom. The molecule has 1 saturated carbocycles. The van der Waals surface area contributed by atoms with E-state index in [2.05, 4.69) is 10.3 Å². The van der Waals surface area contributed by atoms with Crippen molar-refractivity contribution in [1.82, 2.24) is 9.88 Å². The van der Waals surface area contributed by atoms with Crippen LogP contribution in [0.25, 0.3) is 0 Å². The van der Waals surface area contributed by atoms with Crippen LogP contribution in [-0.4, -0.2) is 28.2 Å². The Balaban J connectivity index is 1.71. The highest BCUT2D eigenvalue weighted by Crippen LogP contribution is 2.40. The van der Waals surface area contributed by atoms with Crippen molar-refractivity contribution in [2.45, 2.75) is 32.7 Å². The van der Waals surface area contributed by atoms with Gasteiger partial charge in [0.05, 0.1) is 18.4 Å². The summed E-state index contributed by atoms with van der Waals surface area (Å²) in [5, 5.41) is 3.12. The van der Waals surface area contributed by atoms with Crippen LogP contribution in [0.4, 0.5) is 5.82 Å². The fourth-order valence-electron chi connectivity index (χ4n) is 3.20. The summed E-state index contributed by atoms with van der Waals surface area (Å²) in [5.74, 6) is 0.710. The molecule has 0 bridgehead atoms. The lowest BCUT2D eigenvalue weighted by Gasteiger charge is -2.15. The van der Waals surface area contributed by atoms with Gasteiger partial charge in [0.2, 0.25) is 11.8 Å². The first-order valence-electron chi connectivity index (χ1n) is 7.24. The smallest absolute Gasteiger partial charge is 0.233 e. The summed E-state index contributed by atoms with van der Waals surface area (Å²) in [7, 11) is 0. The number of hydrogen-bond donors (Lipinski definition) is 1. The van der Waals surface area contributed by atoms with Crippen LogP contribution in [0.2, 0.25) is 0 Å². The van der Waals surface area contributed by atoms with Crippen molar-refractivity contribution in [3.63, 3.8) is 0 Å². The predicted octanol–water partition coefficient (Wildman–Crippen LogP) is 1.80. The van der Waals surface area contributed by atoms with Gasteiger partial charge in [-0.1, -0.05) is 12.5 Å². The van der Waals surface area contributed by atoms with Crippen LogP contribution in [-0.2, 0) is 16.1 Å². The Morgan fingerprint density at radius 2 is 1.95 bits per heavy atom. The number of carbonyl (C=O) groups is 2. The molecule has 2 unspecified atom stereocenters. The number of likely N-dealkylation sites (tertiary alicyclic amines) is 1. The van der Waals surface area contributed by atoms with Gasteiger partial charge in [0.25, 0.3) is 0 Å². The van der Waals surface area contributed by atoms with Crippen LogP contribution in [0.5, 0.6) is 0 Å². The van der Waals surface area contributed by atoms with Crippen molar-refractivity contribution in [3.05, 3.63) is 23.9 Å². The fraction of sp³-hybridized carbons (Fsp3) is 0.533. The highest BCUT2D eigenvalue weighted by atomic mass is 16.2. The molecular formula is C15H19N3O2. The number of amides is 2. The van der Waals surface area contributed by atoms with Gasteiger partial charge in [0.15, 0.2) is 0 Å². The van der Waals surface area contributed by atoms with E-state index < -0.39 is 0 Å². The number of imide groups is 1. The first-order valence-corrected chi connectivity index (χ1v) is 7.24. The number of nitrogens with one attached hydrogen (secondary N) is 1. The number of anilines is 1. The fourth-order valence-corrected chi connectivity index (χ4v) is 3.20. The van der Waals surface area contributed by atoms with Gasteiger partial charge in [-0.3, -0.25) is 14.5 Å². The van der Waals surface area contributed by atoms with Gasteiger partial charge in [-0.15, -0.1) is 0 Å². The second kappa shape index (κ2) is 5.23. The Kier molecular flexibility index (Phi) is 3.42. The Hall–Kier alpha value is -1.91. The van der Waals surface area contributed by atoms with Gasteiger partial charge in [-0.25, -0.2) is 4.98 Å². The SMILES string of the molecule is CCNc1ccc(CN2C(=O)C3CCCC3C2=O)cn1.